The third-order valence-electron chi connectivity index (χ3n) is 3.16. The SMILES string of the molecule is CCOc1cccc(CNCc2cnccc2C)c1O. The lowest BCUT2D eigenvalue weighted by Crippen LogP contribution is -2.14. The van der Waals surface area contributed by atoms with Crippen LogP contribution in [0, 0.1) is 6.92 Å². The van der Waals surface area contributed by atoms with Gasteiger partial charge in [-0.1, -0.05) is 12.1 Å². The molecule has 0 bridgehead atoms. The number of aromatic hydroxyl groups is 1. The minimum atomic E-state index is 0.213. The molecule has 2 aromatic rings. The zero-order chi connectivity index (χ0) is 14.4. The van der Waals surface area contributed by atoms with E-state index in [0.717, 1.165) is 17.7 Å². The minimum Gasteiger partial charge on any atom is -0.504 e. The first kappa shape index (κ1) is 14.3. The van der Waals surface area contributed by atoms with Crippen molar-refractivity contribution in [3.05, 3.63) is 53.3 Å². The summed E-state index contributed by atoms with van der Waals surface area (Å²) in [4.78, 5) is 4.12. The van der Waals surface area contributed by atoms with Gasteiger partial charge in [0.15, 0.2) is 11.5 Å². The van der Waals surface area contributed by atoms with Crippen molar-refractivity contribution in [2.24, 2.45) is 0 Å². The third kappa shape index (κ3) is 3.48. The minimum absolute atomic E-state index is 0.213. The predicted molar refractivity (Wildman–Crippen MR) is 78.8 cm³/mol. The van der Waals surface area contributed by atoms with Crippen molar-refractivity contribution in [1.29, 1.82) is 0 Å². The summed E-state index contributed by atoms with van der Waals surface area (Å²) in [5.41, 5.74) is 3.20. The highest BCUT2D eigenvalue weighted by Gasteiger charge is 2.07. The molecule has 0 aliphatic rings. The fourth-order valence-electron chi connectivity index (χ4n) is 2.00. The van der Waals surface area contributed by atoms with Crippen molar-refractivity contribution in [3.63, 3.8) is 0 Å². The van der Waals surface area contributed by atoms with Crippen LogP contribution >= 0.6 is 0 Å². The van der Waals surface area contributed by atoms with E-state index in [4.69, 9.17) is 4.74 Å². The summed E-state index contributed by atoms with van der Waals surface area (Å²) >= 11 is 0. The Hall–Kier alpha value is -2.07. The highest BCUT2D eigenvalue weighted by Crippen LogP contribution is 2.29. The summed E-state index contributed by atoms with van der Waals surface area (Å²) in [6.45, 7) is 5.81. The molecule has 0 atom stereocenters. The zero-order valence-corrected chi connectivity index (χ0v) is 11.9. The number of hydrogen-bond acceptors (Lipinski definition) is 4. The number of pyridine rings is 1. The van der Waals surface area contributed by atoms with E-state index in [1.165, 1.54) is 5.56 Å². The molecule has 20 heavy (non-hydrogen) atoms. The molecule has 1 aromatic heterocycles. The van der Waals surface area contributed by atoms with Gasteiger partial charge in [-0.3, -0.25) is 4.98 Å². The number of benzene rings is 1. The van der Waals surface area contributed by atoms with Gasteiger partial charge >= 0.3 is 0 Å². The molecule has 0 aliphatic carbocycles. The van der Waals surface area contributed by atoms with Crippen molar-refractivity contribution in [2.75, 3.05) is 6.61 Å². The van der Waals surface area contributed by atoms with Crippen LogP contribution in [0.15, 0.2) is 36.7 Å². The number of nitrogens with zero attached hydrogens (tertiary/aromatic N) is 1. The summed E-state index contributed by atoms with van der Waals surface area (Å²) in [7, 11) is 0. The average Bonchev–Trinajstić information content (AvgIpc) is 2.45. The summed E-state index contributed by atoms with van der Waals surface area (Å²) in [6.07, 6.45) is 3.65. The second-order valence-corrected chi connectivity index (χ2v) is 4.60. The lowest BCUT2D eigenvalue weighted by molar-refractivity contribution is 0.316. The van der Waals surface area contributed by atoms with Gasteiger partial charge in [0, 0.05) is 31.0 Å². The largest absolute Gasteiger partial charge is 0.504 e. The number of hydrogen-bond donors (Lipinski definition) is 2. The molecule has 0 radical (unpaired) electrons. The number of nitrogens with one attached hydrogen (secondary N) is 1. The Morgan fingerprint density at radius 1 is 1.20 bits per heavy atom. The second kappa shape index (κ2) is 6.91. The molecule has 106 valence electrons. The average molecular weight is 272 g/mol. The summed E-state index contributed by atoms with van der Waals surface area (Å²) in [5.74, 6) is 0.745. The topological polar surface area (TPSA) is 54.4 Å². The number of phenolic OH excluding ortho intramolecular Hbond substituents is 1. The maximum absolute atomic E-state index is 10.1. The molecule has 1 heterocycles. The Morgan fingerprint density at radius 3 is 2.75 bits per heavy atom. The number of aryl methyl sites for hydroxylation is 1. The van der Waals surface area contributed by atoms with Gasteiger partial charge in [0.05, 0.1) is 6.61 Å². The monoisotopic (exact) mass is 272 g/mol. The Morgan fingerprint density at radius 2 is 2.00 bits per heavy atom. The zero-order valence-electron chi connectivity index (χ0n) is 11.9. The molecular weight excluding hydrogens is 252 g/mol. The van der Waals surface area contributed by atoms with Crippen LogP contribution in [0.1, 0.15) is 23.6 Å². The van der Waals surface area contributed by atoms with Crippen LogP contribution < -0.4 is 10.1 Å². The van der Waals surface area contributed by atoms with E-state index >= 15 is 0 Å². The maximum Gasteiger partial charge on any atom is 0.162 e. The highest BCUT2D eigenvalue weighted by molar-refractivity contribution is 5.45. The molecule has 0 aliphatic heterocycles. The maximum atomic E-state index is 10.1. The van der Waals surface area contributed by atoms with Gasteiger partial charge in [0.1, 0.15) is 0 Å². The normalized spacial score (nSPS) is 10.5. The molecule has 4 heteroatoms. The first-order valence-electron chi connectivity index (χ1n) is 6.76. The van der Waals surface area contributed by atoms with Gasteiger partial charge in [-0.15, -0.1) is 0 Å². The van der Waals surface area contributed by atoms with E-state index < -0.39 is 0 Å². The lowest BCUT2D eigenvalue weighted by Gasteiger charge is -2.11. The molecule has 2 rings (SSSR count). The van der Waals surface area contributed by atoms with Crippen LogP contribution in [0.25, 0.3) is 0 Å². The molecule has 0 saturated heterocycles. The van der Waals surface area contributed by atoms with Crippen LogP contribution in [0.3, 0.4) is 0 Å². The summed E-state index contributed by atoms with van der Waals surface area (Å²) < 4.78 is 5.37. The summed E-state index contributed by atoms with van der Waals surface area (Å²) in [6, 6.07) is 7.54. The Balaban J connectivity index is 1.98. The summed E-state index contributed by atoms with van der Waals surface area (Å²) in [5, 5.41) is 13.4. The number of aromatic nitrogens is 1. The molecule has 2 N–H and O–H groups in total. The van der Waals surface area contributed by atoms with Crippen molar-refractivity contribution in [2.45, 2.75) is 26.9 Å². The molecule has 4 nitrogen and oxygen atoms in total. The van der Waals surface area contributed by atoms with E-state index in [1.807, 2.05) is 31.3 Å². The van der Waals surface area contributed by atoms with Gasteiger partial charge in [-0.2, -0.15) is 0 Å². The van der Waals surface area contributed by atoms with Gasteiger partial charge in [0.2, 0.25) is 0 Å². The fourth-order valence-corrected chi connectivity index (χ4v) is 2.00. The van der Waals surface area contributed by atoms with Crippen LogP contribution in [0.2, 0.25) is 0 Å². The number of ether oxygens (including phenoxy) is 1. The molecule has 0 fully saturated rings. The van der Waals surface area contributed by atoms with Crippen molar-refractivity contribution in [3.8, 4) is 11.5 Å². The van der Waals surface area contributed by atoms with E-state index in [1.54, 1.807) is 12.3 Å². The van der Waals surface area contributed by atoms with Crippen LogP contribution in [0.4, 0.5) is 0 Å². The predicted octanol–water partition coefficient (Wildman–Crippen LogP) is 2.78. The molecule has 0 amide bonds. The first-order chi connectivity index (χ1) is 9.72. The van der Waals surface area contributed by atoms with E-state index in [0.29, 0.717) is 18.9 Å². The van der Waals surface area contributed by atoms with E-state index in [9.17, 15) is 5.11 Å². The lowest BCUT2D eigenvalue weighted by atomic mass is 10.1. The Kier molecular flexibility index (Phi) is 4.96. The fraction of sp³-hybridized carbons (Fsp3) is 0.312. The molecular formula is C16H20N2O2. The van der Waals surface area contributed by atoms with E-state index in [2.05, 4.69) is 17.2 Å². The number of para-hydroxylation sites is 1. The molecule has 0 spiro atoms. The first-order valence-corrected chi connectivity index (χ1v) is 6.76. The Labute approximate surface area is 119 Å². The van der Waals surface area contributed by atoms with E-state index in [-0.39, 0.29) is 5.75 Å². The number of phenols is 1. The van der Waals surface area contributed by atoms with Crippen LogP contribution in [0.5, 0.6) is 11.5 Å². The van der Waals surface area contributed by atoms with Crippen LogP contribution in [-0.2, 0) is 13.1 Å². The van der Waals surface area contributed by atoms with Gasteiger partial charge in [0.25, 0.3) is 0 Å². The Bertz CT molecular complexity index is 570. The van der Waals surface area contributed by atoms with Gasteiger partial charge < -0.3 is 15.2 Å². The van der Waals surface area contributed by atoms with Crippen LogP contribution in [-0.4, -0.2) is 16.7 Å². The number of rotatable bonds is 6. The quantitative estimate of drug-likeness (QED) is 0.849. The second-order valence-electron chi connectivity index (χ2n) is 4.60. The smallest absolute Gasteiger partial charge is 0.162 e. The van der Waals surface area contributed by atoms with Gasteiger partial charge in [-0.25, -0.2) is 0 Å². The van der Waals surface area contributed by atoms with Crippen molar-refractivity contribution < 1.29 is 9.84 Å². The molecule has 0 saturated carbocycles. The van der Waals surface area contributed by atoms with Crippen molar-refractivity contribution in [1.82, 2.24) is 10.3 Å². The third-order valence-corrected chi connectivity index (χ3v) is 3.16. The van der Waals surface area contributed by atoms with Crippen molar-refractivity contribution >= 4 is 0 Å². The van der Waals surface area contributed by atoms with Gasteiger partial charge in [-0.05, 0) is 37.1 Å². The molecule has 1 aromatic carbocycles. The molecule has 0 unspecified atom stereocenters. The standard InChI is InChI=1S/C16H20N2O2/c1-3-20-15-6-4-5-13(16(15)19)9-18-11-14-10-17-8-7-12(14)2/h4-8,10,18-19H,3,9,11H2,1-2H3. The highest BCUT2D eigenvalue weighted by atomic mass is 16.5.